The van der Waals surface area contributed by atoms with E-state index in [1.165, 1.54) is 18.9 Å². The van der Waals surface area contributed by atoms with Gasteiger partial charge in [-0.2, -0.15) is 0 Å². The topological polar surface area (TPSA) is 134 Å². The largest absolute Gasteiger partial charge is 0.469 e. The number of nitrogens with one attached hydrogen (secondary N) is 3. The molecule has 0 fully saturated rings. The summed E-state index contributed by atoms with van der Waals surface area (Å²) in [6, 6.07) is 75.6. The molecule has 8 aromatic carbocycles. The first-order valence-electron chi connectivity index (χ1n) is 25.7. The Morgan fingerprint density at radius 3 is 1.40 bits per heavy atom. The van der Waals surface area contributed by atoms with Gasteiger partial charge in [-0.1, -0.05) is 237 Å². The molecular formula is C66H63N3O6S2. The van der Waals surface area contributed by atoms with Crippen molar-refractivity contribution in [1.29, 1.82) is 0 Å². The van der Waals surface area contributed by atoms with Gasteiger partial charge >= 0.3 is 5.97 Å². The lowest BCUT2D eigenvalue weighted by atomic mass is 9.84. The second-order valence-corrected chi connectivity index (χ2v) is 21.1. The summed E-state index contributed by atoms with van der Waals surface area (Å²) in [5.41, 5.74) is 8.25. The van der Waals surface area contributed by atoms with Crippen molar-refractivity contribution in [2.24, 2.45) is 0 Å². The standard InChI is InChI=1S/C66H63N3O6S2/c1-75-62(72)46-50-28-25-41-57(44-50)67-64(74)60(48-77-66(54-35-17-6-18-36-54,55-37-19-7-20-38-55)56-39-21-8-22-40-56)69-63(73)59(45-49-26-9-2-10-27-49)68-61(71)47-58(70)42-23-24-43-76-65(51-29-11-3-12-30-51,52-31-13-4-14-32-52)53-33-15-5-16-34-53/h2-23,25-42,44,58-60,70H,24,43,45-48H2,1H3,(H,67,74)(H,68,71)(H,69,73)/t58-,59-,60-/m1/s1. The number of allylic oxidation sites excluding steroid dienone is 1. The van der Waals surface area contributed by atoms with Crippen LogP contribution in [0.1, 0.15) is 57.3 Å². The molecular weight excluding hydrogens is 995 g/mol. The minimum atomic E-state index is -1.14. The summed E-state index contributed by atoms with van der Waals surface area (Å²) >= 11 is 3.33. The Morgan fingerprint density at radius 2 is 0.948 bits per heavy atom. The predicted molar refractivity (Wildman–Crippen MR) is 313 cm³/mol. The number of ether oxygens (including phenoxy) is 1. The van der Waals surface area contributed by atoms with Gasteiger partial charge in [0.2, 0.25) is 17.7 Å². The summed E-state index contributed by atoms with van der Waals surface area (Å²) in [6.07, 6.45) is 2.86. The molecule has 0 bridgehead atoms. The summed E-state index contributed by atoms with van der Waals surface area (Å²) in [4.78, 5) is 55.8. The molecule has 0 unspecified atom stereocenters. The van der Waals surface area contributed by atoms with Crippen molar-refractivity contribution in [1.82, 2.24) is 10.6 Å². The Bertz CT molecular complexity index is 2960. The number of rotatable bonds is 25. The van der Waals surface area contributed by atoms with Crippen molar-refractivity contribution in [2.45, 2.75) is 53.4 Å². The summed E-state index contributed by atoms with van der Waals surface area (Å²) < 4.78 is 3.57. The number of aliphatic hydroxyl groups excluding tert-OH is 1. The maximum absolute atomic E-state index is 14.9. The lowest BCUT2D eigenvalue weighted by molar-refractivity contribution is -0.139. The van der Waals surface area contributed by atoms with Gasteiger partial charge in [0.15, 0.2) is 0 Å². The smallest absolute Gasteiger partial charge is 0.309 e. The summed E-state index contributed by atoms with van der Waals surface area (Å²) in [5, 5.41) is 20.3. The van der Waals surface area contributed by atoms with E-state index >= 15 is 0 Å². The van der Waals surface area contributed by atoms with Crippen molar-refractivity contribution < 1.29 is 29.0 Å². The summed E-state index contributed by atoms with van der Waals surface area (Å²) in [5.74, 6) is -1.23. The number of hydrogen-bond acceptors (Lipinski definition) is 8. The van der Waals surface area contributed by atoms with Crippen LogP contribution in [0.25, 0.3) is 0 Å². The molecule has 3 atom stereocenters. The Balaban J connectivity index is 1.02. The van der Waals surface area contributed by atoms with Crippen LogP contribution >= 0.6 is 23.5 Å². The highest BCUT2D eigenvalue weighted by Gasteiger charge is 2.40. The Kier molecular flexibility index (Phi) is 19.9. The van der Waals surface area contributed by atoms with E-state index in [4.69, 9.17) is 4.74 Å². The molecule has 0 aliphatic rings. The van der Waals surface area contributed by atoms with Crippen LogP contribution in [-0.2, 0) is 46.3 Å². The van der Waals surface area contributed by atoms with E-state index in [1.807, 2.05) is 121 Å². The van der Waals surface area contributed by atoms with Crippen LogP contribution < -0.4 is 16.0 Å². The van der Waals surface area contributed by atoms with Crippen molar-refractivity contribution in [3.63, 3.8) is 0 Å². The second kappa shape index (κ2) is 27.7. The third-order valence-electron chi connectivity index (χ3n) is 13.2. The number of methoxy groups -OCH3 is 1. The lowest BCUT2D eigenvalue weighted by Crippen LogP contribution is -2.54. The highest BCUT2D eigenvalue weighted by Crippen LogP contribution is 2.50. The van der Waals surface area contributed by atoms with Crippen molar-refractivity contribution in [3.8, 4) is 0 Å². The fourth-order valence-electron chi connectivity index (χ4n) is 9.53. The number of aliphatic hydroxyl groups is 1. The van der Waals surface area contributed by atoms with Crippen LogP contribution in [-0.4, -0.2) is 65.6 Å². The number of amides is 3. The van der Waals surface area contributed by atoms with Gasteiger partial charge in [0.05, 0.1) is 35.5 Å². The molecule has 0 aliphatic carbocycles. The van der Waals surface area contributed by atoms with Crippen molar-refractivity contribution >= 4 is 52.9 Å². The molecule has 77 heavy (non-hydrogen) atoms. The van der Waals surface area contributed by atoms with E-state index in [2.05, 4.69) is 125 Å². The van der Waals surface area contributed by atoms with Gasteiger partial charge in [-0.05, 0) is 68.8 Å². The van der Waals surface area contributed by atoms with Gasteiger partial charge in [-0.3, -0.25) is 19.2 Å². The quantitative estimate of drug-likeness (QED) is 0.0192. The monoisotopic (exact) mass is 1060 g/mol. The highest BCUT2D eigenvalue weighted by atomic mass is 32.2. The maximum atomic E-state index is 14.9. The molecule has 0 heterocycles. The number of carbonyl (C=O) groups is 4. The number of carbonyl (C=O) groups excluding carboxylic acids is 4. The maximum Gasteiger partial charge on any atom is 0.309 e. The molecule has 11 heteroatoms. The second-order valence-electron chi connectivity index (χ2n) is 18.5. The minimum absolute atomic E-state index is 0.00724. The van der Waals surface area contributed by atoms with Crippen molar-refractivity contribution in [2.75, 3.05) is 23.9 Å². The van der Waals surface area contributed by atoms with E-state index in [-0.39, 0.29) is 25.0 Å². The zero-order valence-corrected chi connectivity index (χ0v) is 44.6. The van der Waals surface area contributed by atoms with E-state index in [0.717, 1.165) is 38.9 Å². The van der Waals surface area contributed by atoms with E-state index in [0.29, 0.717) is 23.4 Å². The molecule has 0 saturated heterocycles. The number of esters is 1. The predicted octanol–water partition coefficient (Wildman–Crippen LogP) is 11.7. The molecule has 0 radical (unpaired) electrons. The van der Waals surface area contributed by atoms with E-state index in [1.54, 1.807) is 30.3 Å². The first-order valence-corrected chi connectivity index (χ1v) is 27.7. The van der Waals surface area contributed by atoms with Crippen LogP contribution in [0, 0.1) is 0 Å². The van der Waals surface area contributed by atoms with Crippen LogP contribution in [0.4, 0.5) is 5.69 Å². The fourth-order valence-corrected chi connectivity index (χ4v) is 12.6. The van der Waals surface area contributed by atoms with Gasteiger partial charge in [-0.25, -0.2) is 0 Å². The van der Waals surface area contributed by atoms with Crippen molar-refractivity contribution in [3.05, 3.63) is 293 Å². The van der Waals surface area contributed by atoms with Gasteiger partial charge in [0.25, 0.3) is 0 Å². The first kappa shape index (κ1) is 55.3. The van der Waals surface area contributed by atoms with Crippen LogP contribution in [0.2, 0.25) is 0 Å². The number of thioether (sulfide) groups is 2. The lowest BCUT2D eigenvalue weighted by Gasteiger charge is -2.36. The Labute approximate surface area is 460 Å². The van der Waals surface area contributed by atoms with E-state index < -0.39 is 51.4 Å². The average molecular weight is 1060 g/mol. The molecule has 0 aromatic heterocycles. The van der Waals surface area contributed by atoms with Crippen LogP contribution in [0.5, 0.6) is 0 Å². The third kappa shape index (κ3) is 14.5. The average Bonchev–Trinajstić information content (AvgIpc) is 3.51. The van der Waals surface area contributed by atoms with Gasteiger partial charge < -0.3 is 25.8 Å². The molecule has 0 spiro atoms. The fraction of sp³-hybridized carbons (Fsp3) is 0.182. The summed E-state index contributed by atoms with van der Waals surface area (Å²) in [7, 11) is 1.32. The van der Waals surface area contributed by atoms with Gasteiger partial charge in [0.1, 0.15) is 12.1 Å². The number of anilines is 1. The SMILES string of the molecule is COC(=O)Cc1cccc(NC(=O)[C@@H](CSC(c2ccccc2)(c2ccccc2)c2ccccc2)NC(=O)[C@@H](Cc2ccccc2)NC(=O)C[C@H](O)C=CCCSC(c2ccccc2)(c2ccccc2)c2ccccc2)c1. The number of benzene rings is 8. The molecule has 8 aromatic rings. The summed E-state index contributed by atoms with van der Waals surface area (Å²) in [6.45, 7) is 0. The van der Waals surface area contributed by atoms with Gasteiger partial charge in [0, 0.05) is 17.9 Å². The molecule has 0 aliphatic heterocycles. The molecule has 4 N–H and O–H groups in total. The highest BCUT2D eigenvalue weighted by molar-refractivity contribution is 8.00. The Hall–Kier alpha value is -7.96. The van der Waals surface area contributed by atoms with E-state index in [9.17, 15) is 24.3 Å². The normalized spacial score (nSPS) is 12.7. The first-order chi connectivity index (χ1) is 37.7. The zero-order chi connectivity index (χ0) is 53.7. The third-order valence-corrected chi connectivity index (χ3v) is 16.5. The molecule has 390 valence electrons. The number of hydrogen-bond donors (Lipinski definition) is 4. The zero-order valence-electron chi connectivity index (χ0n) is 43.0. The van der Waals surface area contributed by atoms with Gasteiger partial charge in [-0.15, -0.1) is 23.5 Å². The molecule has 0 saturated carbocycles. The molecule has 9 nitrogen and oxygen atoms in total. The molecule has 8 rings (SSSR count). The molecule has 3 amide bonds. The minimum Gasteiger partial charge on any atom is -0.469 e. The van der Waals surface area contributed by atoms with Crippen LogP contribution in [0.3, 0.4) is 0 Å². The Morgan fingerprint density at radius 1 is 0.519 bits per heavy atom. The van der Waals surface area contributed by atoms with Crippen LogP contribution in [0.15, 0.2) is 249 Å².